The minimum Gasteiger partial charge on any atom is -0.490 e. The van der Waals surface area contributed by atoms with Crippen LogP contribution in [0.5, 0.6) is 11.5 Å². The Hall–Kier alpha value is -0.930. The maximum Gasteiger partial charge on any atom is 0.161 e. The van der Waals surface area contributed by atoms with Crippen LogP contribution in [-0.2, 0) is 4.74 Å². The molecule has 1 fully saturated rings. The maximum absolute atomic E-state index is 6.07. The summed E-state index contributed by atoms with van der Waals surface area (Å²) in [6, 6.07) is 7.76. The minimum atomic E-state index is 0.0854. The molecule has 1 saturated heterocycles. The quantitative estimate of drug-likeness (QED) is 0.717. The molecule has 0 aliphatic carbocycles. The van der Waals surface area contributed by atoms with E-state index in [2.05, 4.69) is 0 Å². The molecule has 1 aromatic carbocycles. The fourth-order valence-corrected chi connectivity index (χ4v) is 2.58. The van der Waals surface area contributed by atoms with Crippen LogP contribution in [0.3, 0.4) is 0 Å². The van der Waals surface area contributed by atoms with Gasteiger partial charge in [-0.25, -0.2) is 0 Å². The van der Waals surface area contributed by atoms with Gasteiger partial charge in [-0.3, -0.25) is 0 Å². The van der Waals surface area contributed by atoms with Gasteiger partial charge in [0.15, 0.2) is 11.5 Å². The van der Waals surface area contributed by atoms with Gasteiger partial charge < -0.3 is 14.2 Å². The van der Waals surface area contributed by atoms with Crippen LogP contribution in [0.1, 0.15) is 19.8 Å². The normalized spacial score (nSPS) is 22.4. The summed E-state index contributed by atoms with van der Waals surface area (Å²) in [5, 5.41) is 0. The van der Waals surface area contributed by atoms with Crippen molar-refractivity contribution in [3.05, 3.63) is 24.3 Å². The van der Waals surface area contributed by atoms with Gasteiger partial charge in [-0.05, 0) is 31.9 Å². The van der Waals surface area contributed by atoms with Crippen molar-refractivity contribution in [2.24, 2.45) is 5.41 Å². The molecule has 0 amide bonds. The van der Waals surface area contributed by atoms with E-state index in [1.54, 1.807) is 0 Å². The molecule has 19 heavy (non-hydrogen) atoms. The van der Waals surface area contributed by atoms with Crippen molar-refractivity contribution in [3.8, 4) is 11.5 Å². The Labute approximate surface area is 119 Å². The van der Waals surface area contributed by atoms with Crippen molar-refractivity contribution in [1.82, 2.24) is 0 Å². The molecular formula is C15H21ClO3. The van der Waals surface area contributed by atoms with Crippen molar-refractivity contribution in [2.75, 3.05) is 32.3 Å². The van der Waals surface area contributed by atoms with Crippen molar-refractivity contribution >= 4 is 11.6 Å². The molecule has 1 aliphatic heterocycles. The van der Waals surface area contributed by atoms with Gasteiger partial charge in [0, 0.05) is 17.9 Å². The monoisotopic (exact) mass is 284 g/mol. The number of para-hydroxylation sites is 2. The van der Waals surface area contributed by atoms with E-state index in [9.17, 15) is 0 Å². The van der Waals surface area contributed by atoms with Crippen LogP contribution in [0.25, 0.3) is 0 Å². The smallest absolute Gasteiger partial charge is 0.161 e. The maximum atomic E-state index is 6.07. The largest absolute Gasteiger partial charge is 0.490 e. The molecule has 1 heterocycles. The average molecular weight is 285 g/mol. The Morgan fingerprint density at radius 1 is 1.26 bits per heavy atom. The fourth-order valence-electron chi connectivity index (χ4n) is 2.24. The molecule has 0 N–H and O–H groups in total. The number of hydrogen-bond acceptors (Lipinski definition) is 3. The third-order valence-corrected chi connectivity index (χ3v) is 4.07. The summed E-state index contributed by atoms with van der Waals surface area (Å²) in [6.45, 7) is 4.80. The molecule has 2 rings (SSSR count). The van der Waals surface area contributed by atoms with Gasteiger partial charge in [-0.15, -0.1) is 11.6 Å². The van der Waals surface area contributed by atoms with Gasteiger partial charge in [0.05, 0.1) is 19.8 Å². The Bertz CT molecular complexity index is 389. The van der Waals surface area contributed by atoms with Crippen molar-refractivity contribution in [2.45, 2.75) is 19.8 Å². The zero-order valence-electron chi connectivity index (χ0n) is 11.4. The Kier molecular flexibility index (Phi) is 5.34. The van der Waals surface area contributed by atoms with Crippen LogP contribution < -0.4 is 9.47 Å². The molecule has 1 aliphatic rings. The molecule has 1 aromatic rings. The Balaban J connectivity index is 1.88. The van der Waals surface area contributed by atoms with E-state index < -0.39 is 0 Å². The number of hydrogen-bond donors (Lipinski definition) is 0. The fraction of sp³-hybridized carbons (Fsp3) is 0.600. The van der Waals surface area contributed by atoms with Crippen LogP contribution in [0.15, 0.2) is 24.3 Å². The van der Waals surface area contributed by atoms with E-state index in [1.807, 2.05) is 31.2 Å². The van der Waals surface area contributed by atoms with Crippen LogP contribution >= 0.6 is 11.6 Å². The van der Waals surface area contributed by atoms with Gasteiger partial charge in [-0.1, -0.05) is 12.1 Å². The highest BCUT2D eigenvalue weighted by atomic mass is 35.5. The minimum absolute atomic E-state index is 0.0854. The lowest BCUT2D eigenvalue weighted by Crippen LogP contribution is -2.25. The number of halogens is 1. The summed E-state index contributed by atoms with van der Waals surface area (Å²) >= 11 is 6.07. The highest BCUT2D eigenvalue weighted by molar-refractivity contribution is 6.18. The second-order valence-electron chi connectivity index (χ2n) is 4.91. The lowest BCUT2D eigenvalue weighted by molar-refractivity contribution is 0.142. The average Bonchev–Trinajstić information content (AvgIpc) is 2.90. The number of benzene rings is 1. The van der Waals surface area contributed by atoms with Crippen LogP contribution in [-0.4, -0.2) is 32.3 Å². The molecular weight excluding hydrogens is 264 g/mol. The van der Waals surface area contributed by atoms with Gasteiger partial charge in [0.2, 0.25) is 0 Å². The van der Waals surface area contributed by atoms with E-state index >= 15 is 0 Å². The molecule has 0 aromatic heterocycles. The predicted molar refractivity (Wildman–Crippen MR) is 76.3 cm³/mol. The van der Waals surface area contributed by atoms with E-state index in [1.165, 1.54) is 0 Å². The molecule has 0 saturated carbocycles. The zero-order valence-corrected chi connectivity index (χ0v) is 12.1. The van der Waals surface area contributed by atoms with E-state index in [0.717, 1.165) is 37.6 Å². The number of rotatable bonds is 7. The summed E-state index contributed by atoms with van der Waals surface area (Å²) in [7, 11) is 0. The first-order valence-electron chi connectivity index (χ1n) is 6.78. The molecule has 0 radical (unpaired) electrons. The Morgan fingerprint density at radius 2 is 2.00 bits per heavy atom. The van der Waals surface area contributed by atoms with Crippen LogP contribution in [0, 0.1) is 5.41 Å². The highest BCUT2D eigenvalue weighted by Crippen LogP contribution is 2.34. The van der Waals surface area contributed by atoms with Crippen molar-refractivity contribution in [3.63, 3.8) is 0 Å². The summed E-state index contributed by atoms with van der Waals surface area (Å²) in [5.41, 5.74) is 0.0854. The summed E-state index contributed by atoms with van der Waals surface area (Å²) in [6.07, 6.45) is 1.93. The first-order chi connectivity index (χ1) is 9.29. The number of ether oxygens (including phenoxy) is 3. The van der Waals surface area contributed by atoms with Gasteiger partial charge >= 0.3 is 0 Å². The molecule has 1 unspecified atom stereocenters. The van der Waals surface area contributed by atoms with E-state index in [4.69, 9.17) is 25.8 Å². The lowest BCUT2D eigenvalue weighted by Gasteiger charge is -2.24. The molecule has 0 bridgehead atoms. The third kappa shape index (κ3) is 3.77. The second-order valence-corrected chi connectivity index (χ2v) is 5.18. The summed E-state index contributed by atoms with van der Waals surface area (Å²) in [5.74, 6) is 2.23. The van der Waals surface area contributed by atoms with Crippen molar-refractivity contribution in [1.29, 1.82) is 0 Å². The van der Waals surface area contributed by atoms with Gasteiger partial charge in [-0.2, -0.15) is 0 Å². The van der Waals surface area contributed by atoms with Crippen LogP contribution in [0.4, 0.5) is 0 Å². The van der Waals surface area contributed by atoms with Gasteiger partial charge in [0.25, 0.3) is 0 Å². The third-order valence-electron chi connectivity index (χ3n) is 3.51. The van der Waals surface area contributed by atoms with Gasteiger partial charge in [0.1, 0.15) is 0 Å². The molecule has 3 nitrogen and oxygen atoms in total. The molecule has 106 valence electrons. The lowest BCUT2D eigenvalue weighted by atomic mass is 9.86. The zero-order chi connectivity index (χ0) is 13.6. The molecule has 0 spiro atoms. The predicted octanol–water partition coefficient (Wildman–Crippen LogP) is 3.50. The highest BCUT2D eigenvalue weighted by Gasteiger charge is 2.33. The van der Waals surface area contributed by atoms with E-state index in [-0.39, 0.29) is 5.41 Å². The summed E-state index contributed by atoms with van der Waals surface area (Å²) in [4.78, 5) is 0. The topological polar surface area (TPSA) is 27.7 Å². The standard InChI is InChI=1S/C15H21ClO3/c1-2-18-13-5-3-4-6-14(13)19-10-8-15(11-16)7-9-17-12-15/h3-6H,2,7-12H2,1H3. The number of alkyl halides is 1. The van der Waals surface area contributed by atoms with Crippen molar-refractivity contribution < 1.29 is 14.2 Å². The Morgan fingerprint density at radius 3 is 2.58 bits per heavy atom. The first kappa shape index (κ1) is 14.5. The molecule has 1 atom stereocenters. The molecule has 4 heteroatoms. The van der Waals surface area contributed by atoms with E-state index in [0.29, 0.717) is 19.1 Å². The SMILES string of the molecule is CCOc1ccccc1OCCC1(CCl)CCOC1. The van der Waals surface area contributed by atoms with Crippen LogP contribution in [0.2, 0.25) is 0 Å². The summed E-state index contributed by atoms with van der Waals surface area (Å²) < 4.78 is 16.8. The first-order valence-corrected chi connectivity index (χ1v) is 7.31. The second kappa shape index (κ2) is 7.01.